The Morgan fingerprint density at radius 1 is 1.42 bits per heavy atom. The largest absolute Gasteiger partial charge is 0.478 e. The molecule has 19 heavy (non-hydrogen) atoms. The number of carboxylic acids is 1. The third kappa shape index (κ3) is 3.20. The molecule has 1 heterocycles. The number of carbonyl (C=O) groups is 1. The maximum Gasteiger partial charge on any atom is 0.338 e. The van der Waals surface area contributed by atoms with Crippen LogP contribution in [0.3, 0.4) is 0 Å². The summed E-state index contributed by atoms with van der Waals surface area (Å²) in [6.07, 6.45) is 3.05. The Morgan fingerprint density at radius 2 is 2.21 bits per heavy atom. The predicted octanol–water partition coefficient (Wildman–Crippen LogP) is 2.22. The predicted molar refractivity (Wildman–Crippen MR) is 67.4 cm³/mol. The smallest absolute Gasteiger partial charge is 0.338 e. The second kappa shape index (κ2) is 5.97. The van der Waals surface area contributed by atoms with E-state index in [9.17, 15) is 13.6 Å². The number of anilines is 1. The molecule has 1 aliphatic rings. The van der Waals surface area contributed by atoms with Gasteiger partial charge in [-0.1, -0.05) is 0 Å². The standard InChI is InChI=1S/C13H16F2N2O2/c14-11-9(13(18)19)3-4-10(12(11)15)17-7-5-8-2-1-6-16-8/h3-4,8,16-17H,1-2,5-7H2,(H,18,19)/t8-/m0/s1. The second-order valence-electron chi connectivity index (χ2n) is 4.60. The fourth-order valence-corrected chi connectivity index (χ4v) is 2.24. The highest BCUT2D eigenvalue weighted by molar-refractivity contribution is 5.88. The number of rotatable bonds is 5. The van der Waals surface area contributed by atoms with Crippen molar-refractivity contribution in [1.82, 2.24) is 5.32 Å². The zero-order valence-electron chi connectivity index (χ0n) is 10.4. The molecular weight excluding hydrogens is 254 g/mol. The Balaban J connectivity index is 1.96. The summed E-state index contributed by atoms with van der Waals surface area (Å²) in [6.45, 7) is 1.52. The van der Waals surface area contributed by atoms with Gasteiger partial charge in [0.1, 0.15) is 0 Å². The quantitative estimate of drug-likeness (QED) is 0.767. The first-order valence-electron chi connectivity index (χ1n) is 6.28. The van der Waals surface area contributed by atoms with Crippen LogP contribution in [0, 0.1) is 11.6 Å². The van der Waals surface area contributed by atoms with Gasteiger partial charge in [0.2, 0.25) is 0 Å². The average Bonchev–Trinajstić information content (AvgIpc) is 2.87. The highest BCUT2D eigenvalue weighted by Gasteiger charge is 2.18. The average molecular weight is 270 g/mol. The first-order valence-corrected chi connectivity index (χ1v) is 6.28. The molecule has 1 saturated heterocycles. The van der Waals surface area contributed by atoms with Crippen molar-refractivity contribution in [2.24, 2.45) is 0 Å². The number of carboxylic acid groups (broad SMARTS) is 1. The van der Waals surface area contributed by atoms with Gasteiger partial charge < -0.3 is 15.7 Å². The van der Waals surface area contributed by atoms with Gasteiger partial charge in [-0.05, 0) is 37.9 Å². The molecule has 0 aliphatic carbocycles. The molecule has 3 N–H and O–H groups in total. The molecule has 1 atom stereocenters. The van der Waals surface area contributed by atoms with Crippen molar-refractivity contribution in [2.45, 2.75) is 25.3 Å². The Labute approximate surface area is 109 Å². The van der Waals surface area contributed by atoms with Gasteiger partial charge in [-0.3, -0.25) is 0 Å². The first-order chi connectivity index (χ1) is 9.09. The van der Waals surface area contributed by atoms with Crippen molar-refractivity contribution in [3.8, 4) is 0 Å². The van der Waals surface area contributed by atoms with Crippen molar-refractivity contribution in [3.63, 3.8) is 0 Å². The van der Waals surface area contributed by atoms with Gasteiger partial charge in [0.15, 0.2) is 11.6 Å². The highest BCUT2D eigenvalue weighted by Crippen LogP contribution is 2.21. The molecule has 0 radical (unpaired) electrons. The van der Waals surface area contributed by atoms with Crippen molar-refractivity contribution in [3.05, 3.63) is 29.3 Å². The van der Waals surface area contributed by atoms with Crippen LogP contribution >= 0.6 is 0 Å². The molecule has 1 fully saturated rings. The Morgan fingerprint density at radius 3 is 2.84 bits per heavy atom. The molecule has 0 amide bonds. The molecule has 0 bridgehead atoms. The maximum atomic E-state index is 13.6. The maximum absolute atomic E-state index is 13.6. The van der Waals surface area contributed by atoms with Crippen LogP contribution in [0.5, 0.6) is 0 Å². The molecule has 2 rings (SSSR count). The monoisotopic (exact) mass is 270 g/mol. The Bertz CT molecular complexity index is 474. The summed E-state index contributed by atoms with van der Waals surface area (Å²) in [5.74, 6) is -3.94. The molecular formula is C13H16F2N2O2. The summed E-state index contributed by atoms with van der Waals surface area (Å²) < 4.78 is 27.0. The van der Waals surface area contributed by atoms with Gasteiger partial charge in [0, 0.05) is 12.6 Å². The van der Waals surface area contributed by atoms with Crippen LogP contribution in [-0.4, -0.2) is 30.2 Å². The van der Waals surface area contributed by atoms with Gasteiger partial charge in [-0.15, -0.1) is 0 Å². The Hall–Kier alpha value is -1.69. The van der Waals surface area contributed by atoms with Crippen LogP contribution in [0.2, 0.25) is 0 Å². The first kappa shape index (κ1) is 13.7. The van der Waals surface area contributed by atoms with Crippen LogP contribution in [0.1, 0.15) is 29.6 Å². The van der Waals surface area contributed by atoms with Gasteiger partial charge in [-0.25, -0.2) is 13.6 Å². The van der Waals surface area contributed by atoms with Crippen LogP contribution in [0.15, 0.2) is 12.1 Å². The lowest BCUT2D eigenvalue weighted by molar-refractivity contribution is 0.0690. The van der Waals surface area contributed by atoms with Crippen LogP contribution in [0.25, 0.3) is 0 Å². The van der Waals surface area contributed by atoms with Gasteiger partial charge in [-0.2, -0.15) is 0 Å². The van der Waals surface area contributed by atoms with Crippen LogP contribution in [0.4, 0.5) is 14.5 Å². The fourth-order valence-electron chi connectivity index (χ4n) is 2.24. The lowest BCUT2D eigenvalue weighted by Crippen LogP contribution is -2.24. The summed E-state index contributed by atoms with van der Waals surface area (Å²) in [7, 11) is 0. The van der Waals surface area contributed by atoms with E-state index in [2.05, 4.69) is 10.6 Å². The molecule has 104 valence electrons. The molecule has 0 spiro atoms. The molecule has 4 nitrogen and oxygen atoms in total. The zero-order valence-corrected chi connectivity index (χ0v) is 10.4. The van der Waals surface area contributed by atoms with E-state index < -0.39 is 23.2 Å². The number of halogens is 2. The van der Waals surface area contributed by atoms with E-state index in [1.165, 1.54) is 6.07 Å². The van der Waals surface area contributed by atoms with Crippen molar-refractivity contribution in [2.75, 3.05) is 18.4 Å². The lowest BCUT2D eigenvalue weighted by atomic mass is 10.1. The lowest BCUT2D eigenvalue weighted by Gasteiger charge is -2.12. The highest BCUT2D eigenvalue weighted by atomic mass is 19.2. The molecule has 0 saturated carbocycles. The third-order valence-corrected chi connectivity index (χ3v) is 3.28. The minimum absolute atomic E-state index is 0.000460. The summed E-state index contributed by atoms with van der Waals surface area (Å²) in [4.78, 5) is 10.6. The number of benzene rings is 1. The van der Waals surface area contributed by atoms with Gasteiger partial charge in [0.25, 0.3) is 0 Å². The van der Waals surface area contributed by atoms with Crippen molar-refractivity contribution < 1.29 is 18.7 Å². The van der Waals surface area contributed by atoms with Crippen molar-refractivity contribution in [1.29, 1.82) is 0 Å². The zero-order chi connectivity index (χ0) is 13.8. The minimum Gasteiger partial charge on any atom is -0.478 e. The molecule has 0 aromatic heterocycles. The van der Waals surface area contributed by atoms with E-state index >= 15 is 0 Å². The Kier molecular flexibility index (Phi) is 4.31. The minimum atomic E-state index is -1.47. The third-order valence-electron chi connectivity index (χ3n) is 3.28. The van der Waals surface area contributed by atoms with Crippen molar-refractivity contribution >= 4 is 11.7 Å². The van der Waals surface area contributed by atoms with E-state index in [1.807, 2.05) is 0 Å². The number of nitrogens with one attached hydrogen (secondary N) is 2. The molecule has 1 aromatic rings. The second-order valence-corrected chi connectivity index (χ2v) is 4.60. The van der Waals surface area contributed by atoms with Crippen LogP contribution < -0.4 is 10.6 Å². The number of hydrogen-bond acceptors (Lipinski definition) is 3. The SMILES string of the molecule is O=C(O)c1ccc(NCC[C@@H]2CCCN2)c(F)c1F. The molecule has 6 heteroatoms. The van der Waals surface area contributed by atoms with E-state index in [-0.39, 0.29) is 5.69 Å². The van der Waals surface area contributed by atoms with E-state index in [0.717, 1.165) is 31.9 Å². The number of aromatic carboxylic acids is 1. The molecule has 0 unspecified atom stereocenters. The molecule has 1 aliphatic heterocycles. The summed E-state index contributed by atoms with van der Waals surface area (Å²) in [5.41, 5.74) is -0.652. The van der Waals surface area contributed by atoms with Crippen LogP contribution in [-0.2, 0) is 0 Å². The van der Waals surface area contributed by atoms with Gasteiger partial charge in [0.05, 0.1) is 11.3 Å². The normalized spacial score (nSPS) is 18.5. The van der Waals surface area contributed by atoms with E-state index in [0.29, 0.717) is 12.6 Å². The van der Waals surface area contributed by atoms with Gasteiger partial charge >= 0.3 is 5.97 Å². The number of hydrogen-bond donors (Lipinski definition) is 3. The topological polar surface area (TPSA) is 61.4 Å². The summed E-state index contributed by atoms with van der Waals surface area (Å²) >= 11 is 0. The molecule has 1 aromatic carbocycles. The summed E-state index contributed by atoms with van der Waals surface area (Å²) in [6, 6.07) is 2.74. The summed E-state index contributed by atoms with van der Waals surface area (Å²) in [5, 5.41) is 14.8. The van der Waals surface area contributed by atoms with E-state index in [1.54, 1.807) is 0 Å². The fraction of sp³-hybridized carbons (Fsp3) is 0.462. The van der Waals surface area contributed by atoms with E-state index in [4.69, 9.17) is 5.11 Å².